The van der Waals surface area contributed by atoms with Gasteiger partial charge in [0.2, 0.25) is 0 Å². The maximum absolute atomic E-state index is 13.3. The minimum absolute atomic E-state index is 0.0234. The van der Waals surface area contributed by atoms with Crippen LogP contribution in [0, 0.1) is 0 Å². The molecule has 1 aliphatic carbocycles. The van der Waals surface area contributed by atoms with Crippen molar-refractivity contribution in [2.75, 3.05) is 0 Å². The van der Waals surface area contributed by atoms with Crippen molar-refractivity contribution in [2.24, 2.45) is 0 Å². The average Bonchev–Trinajstić information content (AvgIpc) is 2.72. The van der Waals surface area contributed by atoms with Crippen LogP contribution in [0.4, 0.5) is 0 Å². The predicted molar refractivity (Wildman–Crippen MR) is 104 cm³/mol. The molecule has 27 heavy (non-hydrogen) atoms. The molecular formula is C23H18O4. The molecule has 1 heterocycles. The second kappa shape index (κ2) is 7.08. The molecule has 1 unspecified atom stereocenters. The molecule has 1 aliphatic rings. The zero-order chi connectivity index (χ0) is 18.8. The summed E-state index contributed by atoms with van der Waals surface area (Å²) in [4.78, 5) is 26.1. The van der Waals surface area contributed by atoms with Gasteiger partial charge in [0.1, 0.15) is 11.3 Å². The quantitative estimate of drug-likeness (QED) is 0.699. The molecule has 0 amide bonds. The molecular weight excluding hydrogens is 340 g/mol. The molecule has 4 heteroatoms. The van der Waals surface area contributed by atoms with E-state index in [1.807, 2.05) is 18.2 Å². The summed E-state index contributed by atoms with van der Waals surface area (Å²) in [7, 11) is 0. The molecule has 4 nitrogen and oxygen atoms in total. The Morgan fingerprint density at radius 3 is 2.48 bits per heavy atom. The summed E-state index contributed by atoms with van der Waals surface area (Å²) >= 11 is 0. The van der Waals surface area contributed by atoms with Crippen molar-refractivity contribution in [3.63, 3.8) is 0 Å². The van der Waals surface area contributed by atoms with Gasteiger partial charge in [-0.25, -0.2) is 4.79 Å². The highest BCUT2D eigenvalue weighted by Crippen LogP contribution is 2.36. The van der Waals surface area contributed by atoms with E-state index in [1.165, 1.54) is 0 Å². The number of fused-ring (bicyclic) bond motifs is 1. The summed E-state index contributed by atoms with van der Waals surface area (Å²) in [6.07, 6.45) is 7.25. The van der Waals surface area contributed by atoms with E-state index in [-0.39, 0.29) is 17.1 Å². The van der Waals surface area contributed by atoms with Gasteiger partial charge < -0.3 is 9.52 Å². The number of Topliss-reactive ketones (excluding diaryl/α,β-unsaturated/α-hetero) is 1. The van der Waals surface area contributed by atoms with Gasteiger partial charge in [-0.05, 0) is 30.5 Å². The third-order valence-corrected chi connectivity index (χ3v) is 4.78. The molecule has 0 bridgehead atoms. The summed E-state index contributed by atoms with van der Waals surface area (Å²) in [6, 6.07) is 15.8. The fraction of sp³-hybridized carbons (Fsp3) is 0.130. The van der Waals surface area contributed by atoms with Crippen LogP contribution in [0.5, 0.6) is 5.75 Å². The van der Waals surface area contributed by atoms with Crippen molar-refractivity contribution in [1.82, 2.24) is 0 Å². The third-order valence-electron chi connectivity index (χ3n) is 4.78. The van der Waals surface area contributed by atoms with E-state index in [0.717, 1.165) is 12.8 Å². The van der Waals surface area contributed by atoms with Crippen LogP contribution in [0.3, 0.4) is 0 Å². The van der Waals surface area contributed by atoms with Gasteiger partial charge >= 0.3 is 5.63 Å². The van der Waals surface area contributed by atoms with Gasteiger partial charge in [-0.3, -0.25) is 4.79 Å². The van der Waals surface area contributed by atoms with Crippen LogP contribution < -0.4 is 5.63 Å². The highest BCUT2D eigenvalue weighted by atomic mass is 16.4. The van der Waals surface area contributed by atoms with E-state index in [2.05, 4.69) is 0 Å². The fourth-order valence-corrected chi connectivity index (χ4v) is 3.46. The maximum atomic E-state index is 13.3. The molecule has 0 saturated heterocycles. The maximum Gasteiger partial charge on any atom is 0.344 e. The highest BCUT2D eigenvalue weighted by Gasteiger charge is 2.31. The Kier molecular flexibility index (Phi) is 4.47. The molecule has 134 valence electrons. The van der Waals surface area contributed by atoms with Crippen molar-refractivity contribution < 1.29 is 14.3 Å². The fourth-order valence-electron chi connectivity index (χ4n) is 3.46. The first kappa shape index (κ1) is 17.0. The second-order valence-corrected chi connectivity index (χ2v) is 6.50. The number of hydrogen-bond acceptors (Lipinski definition) is 4. The van der Waals surface area contributed by atoms with E-state index >= 15 is 0 Å². The number of carbonyl (C=O) groups excluding carboxylic acids is 1. The van der Waals surface area contributed by atoms with E-state index in [1.54, 1.807) is 54.6 Å². The number of aromatic hydroxyl groups is 1. The van der Waals surface area contributed by atoms with E-state index in [4.69, 9.17) is 4.42 Å². The number of rotatable bonds is 4. The van der Waals surface area contributed by atoms with Gasteiger partial charge in [-0.1, -0.05) is 60.7 Å². The number of para-hydroxylation sites is 1. The molecule has 0 aliphatic heterocycles. The Hall–Kier alpha value is -3.40. The second-order valence-electron chi connectivity index (χ2n) is 6.50. The molecule has 1 aromatic heterocycles. The topological polar surface area (TPSA) is 67.5 Å². The SMILES string of the molecule is O=C(C1=CCCC=C1)C(c1ccccc1)c1c(O)c2ccccc2oc1=O. The first-order valence-corrected chi connectivity index (χ1v) is 8.87. The van der Waals surface area contributed by atoms with Gasteiger partial charge in [0.05, 0.1) is 16.9 Å². The Morgan fingerprint density at radius 1 is 1.00 bits per heavy atom. The molecule has 1 N–H and O–H groups in total. The Labute approximate surface area is 156 Å². The van der Waals surface area contributed by atoms with E-state index in [9.17, 15) is 14.7 Å². The molecule has 2 aromatic carbocycles. The number of allylic oxidation sites excluding steroid dienone is 4. The zero-order valence-electron chi connectivity index (χ0n) is 14.6. The van der Waals surface area contributed by atoms with Gasteiger partial charge in [0.15, 0.2) is 5.78 Å². The molecule has 0 spiro atoms. The number of benzene rings is 2. The van der Waals surface area contributed by atoms with E-state index < -0.39 is 11.5 Å². The molecule has 0 radical (unpaired) electrons. The van der Waals surface area contributed by atoms with Crippen molar-refractivity contribution in [3.8, 4) is 5.75 Å². The molecule has 3 aromatic rings. The number of carbonyl (C=O) groups is 1. The highest BCUT2D eigenvalue weighted by molar-refractivity contribution is 6.05. The van der Waals surface area contributed by atoms with Gasteiger partial charge in [0.25, 0.3) is 0 Å². The van der Waals surface area contributed by atoms with Crippen LogP contribution >= 0.6 is 0 Å². The first-order chi connectivity index (χ1) is 13.2. The molecule has 0 fully saturated rings. The summed E-state index contributed by atoms with van der Waals surface area (Å²) in [5.74, 6) is -1.36. The first-order valence-electron chi connectivity index (χ1n) is 8.87. The summed E-state index contributed by atoms with van der Waals surface area (Å²) < 4.78 is 5.41. The minimum atomic E-state index is -0.930. The smallest absolute Gasteiger partial charge is 0.344 e. The Balaban J connectivity index is 1.96. The lowest BCUT2D eigenvalue weighted by Crippen LogP contribution is -2.22. The lowest BCUT2D eigenvalue weighted by Gasteiger charge is -2.19. The molecule has 0 saturated carbocycles. The number of ketones is 1. The van der Waals surface area contributed by atoms with Crippen molar-refractivity contribution in [1.29, 1.82) is 0 Å². The molecule has 1 atom stereocenters. The number of hydrogen-bond donors (Lipinski definition) is 1. The van der Waals surface area contributed by atoms with Gasteiger partial charge in [-0.15, -0.1) is 0 Å². The van der Waals surface area contributed by atoms with Crippen molar-refractivity contribution in [2.45, 2.75) is 18.8 Å². The average molecular weight is 358 g/mol. The largest absolute Gasteiger partial charge is 0.507 e. The van der Waals surface area contributed by atoms with Crippen molar-refractivity contribution in [3.05, 3.63) is 99.9 Å². The summed E-state index contributed by atoms with van der Waals surface area (Å²) in [6.45, 7) is 0. The Bertz CT molecular complexity index is 1120. The van der Waals surface area contributed by atoms with Gasteiger partial charge in [0, 0.05) is 5.57 Å². The van der Waals surface area contributed by atoms with Crippen LogP contribution in [0.15, 0.2) is 87.6 Å². The van der Waals surface area contributed by atoms with Crippen LogP contribution in [0.2, 0.25) is 0 Å². The standard InChI is InChI=1S/C23H18O4/c24-21(16-11-5-2-6-12-16)19(15-9-3-1-4-10-15)20-22(25)17-13-7-8-14-18(17)27-23(20)26/h1,3-5,7-14,19,25H,2,6H2. The lowest BCUT2D eigenvalue weighted by atomic mass is 9.83. The van der Waals surface area contributed by atoms with Crippen LogP contribution in [0.25, 0.3) is 11.0 Å². The third kappa shape index (κ3) is 3.10. The Morgan fingerprint density at radius 2 is 1.74 bits per heavy atom. The lowest BCUT2D eigenvalue weighted by molar-refractivity contribution is -0.115. The van der Waals surface area contributed by atoms with Crippen molar-refractivity contribution >= 4 is 16.8 Å². The summed E-state index contributed by atoms with van der Waals surface area (Å²) in [5.41, 5.74) is 0.751. The summed E-state index contributed by atoms with van der Waals surface area (Å²) in [5, 5.41) is 11.3. The van der Waals surface area contributed by atoms with Crippen LogP contribution in [0.1, 0.15) is 29.9 Å². The van der Waals surface area contributed by atoms with Gasteiger partial charge in [-0.2, -0.15) is 0 Å². The van der Waals surface area contributed by atoms with Crippen LogP contribution in [-0.2, 0) is 4.79 Å². The predicted octanol–water partition coefficient (Wildman–Crippen LogP) is 4.48. The monoisotopic (exact) mass is 358 g/mol. The normalized spacial score (nSPS) is 14.7. The van der Waals surface area contributed by atoms with Crippen LogP contribution in [-0.4, -0.2) is 10.9 Å². The van der Waals surface area contributed by atoms with E-state index in [0.29, 0.717) is 22.1 Å². The zero-order valence-corrected chi connectivity index (χ0v) is 14.6. The minimum Gasteiger partial charge on any atom is -0.507 e. The molecule has 4 rings (SSSR count).